The monoisotopic (exact) mass is 452 g/mol. The van der Waals surface area contributed by atoms with Crippen LogP contribution in [0.25, 0.3) is 0 Å². The third-order valence-corrected chi connectivity index (χ3v) is 5.20. The number of amides is 2. The first-order valence-corrected chi connectivity index (χ1v) is 9.20. The number of carbonyl (C=O) groups excluding carboxylic acids is 2. The first-order chi connectivity index (χ1) is 12.0. The number of hydrogen-bond acceptors (Lipinski definition) is 2. The summed E-state index contributed by atoms with van der Waals surface area (Å²) in [6.07, 6.45) is 2.01. The summed E-state index contributed by atoms with van der Waals surface area (Å²) in [7, 11) is 0. The Morgan fingerprint density at radius 2 is 1.84 bits per heavy atom. The Morgan fingerprint density at radius 1 is 1.12 bits per heavy atom. The van der Waals surface area contributed by atoms with E-state index in [0.717, 1.165) is 31.5 Å². The average Bonchev–Trinajstić information content (AvgIpc) is 3.10. The van der Waals surface area contributed by atoms with Crippen molar-refractivity contribution in [3.8, 4) is 0 Å². The first kappa shape index (κ1) is 17.8. The predicted molar refractivity (Wildman–Crippen MR) is 103 cm³/mol. The molecule has 0 aliphatic carbocycles. The molecule has 1 fully saturated rings. The molecule has 0 spiro atoms. The van der Waals surface area contributed by atoms with Gasteiger partial charge in [-0.05, 0) is 72.2 Å². The molecule has 0 radical (unpaired) electrons. The lowest BCUT2D eigenvalue weighted by Crippen LogP contribution is -2.29. The Morgan fingerprint density at radius 3 is 2.52 bits per heavy atom. The molecule has 1 aliphatic rings. The van der Waals surface area contributed by atoms with E-state index in [9.17, 15) is 14.0 Å². The van der Waals surface area contributed by atoms with Gasteiger partial charge in [0.2, 0.25) is 0 Å². The van der Waals surface area contributed by atoms with Crippen molar-refractivity contribution in [2.45, 2.75) is 19.8 Å². The molecular weight excluding hydrogens is 434 g/mol. The number of likely N-dealkylation sites (tertiary alicyclic amines) is 1. The lowest BCUT2D eigenvalue weighted by atomic mass is 10.1. The highest BCUT2D eigenvalue weighted by atomic mass is 127. The van der Waals surface area contributed by atoms with Crippen molar-refractivity contribution >= 4 is 40.1 Å². The van der Waals surface area contributed by atoms with Gasteiger partial charge in [0.1, 0.15) is 5.82 Å². The average molecular weight is 452 g/mol. The molecule has 2 aromatic rings. The van der Waals surface area contributed by atoms with Crippen molar-refractivity contribution in [2.24, 2.45) is 0 Å². The number of rotatable bonds is 3. The smallest absolute Gasteiger partial charge is 0.256 e. The molecule has 0 unspecified atom stereocenters. The SMILES string of the molecule is Cc1cccc(C(=O)N2CCCC2)c1NC(=O)c1ccc(F)cc1I. The summed E-state index contributed by atoms with van der Waals surface area (Å²) < 4.78 is 13.8. The second-order valence-corrected chi connectivity index (χ2v) is 7.24. The van der Waals surface area contributed by atoms with Gasteiger partial charge in [-0.25, -0.2) is 4.39 Å². The summed E-state index contributed by atoms with van der Waals surface area (Å²) in [5, 5.41) is 2.85. The highest BCUT2D eigenvalue weighted by Crippen LogP contribution is 2.25. The number of nitrogens with one attached hydrogen (secondary N) is 1. The van der Waals surface area contributed by atoms with Crippen LogP contribution in [0.15, 0.2) is 36.4 Å². The highest BCUT2D eigenvalue weighted by Gasteiger charge is 2.23. The quantitative estimate of drug-likeness (QED) is 0.709. The Hall–Kier alpha value is -1.96. The number of aryl methyl sites for hydroxylation is 1. The van der Waals surface area contributed by atoms with Gasteiger partial charge in [-0.3, -0.25) is 9.59 Å². The van der Waals surface area contributed by atoms with Crippen molar-refractivity contribution < 1.29 is 14.0 Å². The van der Waals surface area contributed by atoms with Gasteiger partial charge in [-0.2, -0.15) is 0 Å². The first-order valence-electron chi connectivity index (χ1n) is 8.12. The van der Waals surface area contributed by atoms with E-state index in [-0.39, 0.29) is 17.6 Å². The Balaban J connectivity index is 1.91. The van der Waals surface area contributed by atoms with Crippen molar-refractivity contribution in [3.63, 3.8) is 0 Å². The maximum absolute atomic E-state index is 13.3. The van der Waals surface area contributed by atoms with Gasteiger partial charge in [0.05, 0.1) is 16.8 Å². The number of halogens is 2. The fraction of sp³-hybridized carbons (Fsp3) is 0.263. The van der Waals surface area contributed by atoms with Crippen LogP contribution >= 0.6 is 22.6 Å². The van der Waals surface area contributed by atoms with E-state index in [1.807, 2.05) is 46.5 Å². The molecular formula is C19H18FIN2O2. The zero-order valence-corrected chi connectivity index (χ0v) is 16.0. The lowest BCUT2D eigenvalue weighted by Gasteiger charge is -2.19. The molecule has 1 saturated heterocycles. The van der Waals surface area contributed by atoms with Crippen LogP contribution in [-0.2, 0) is 0 Å². The molecule has 1 heterocycles. The molecule has 1 aliphatic heterocycles. The van der Waals surface area contributed by atoms with Crippen LogP contribution in [0.1, 0.15) is 39.1 Å². The van der Waals surface area contributed by atoms with E-state index in [0.29, 0.717) is 20.4 Å². The van der Waals surface area contributed by atoms with Crippen LogP contribution < -0.4 is 5.32 Å². The third kappa shape index (κ3) is 3.84. The summed E-state index contributed by atoms with van der Waals surface area (Å²) in [6.45, 7) is 3.35. The number of hydrogen-bond donors (Lipinski definition) is 1. The molecule has 2 aromatic carbocycles. The molecule has 1 N–H and O–H groups in total. The van der Waals surface area contributed by atoms with Crippen molar-refractivity contribution in [1.82, 2.24) is 4.90 Å². The van der Waals surface area contributed by atoms with Crippen molar-refractivity contribution in [2.75, 3.05) is 18.4 Å². The van der Waals surface area contributed by atoms with E-state index in [1.54, 1.807) is 6.07 Å². The molecule has 0 atom stereocenters. The van der Waals surface area contributed by atoms with Crippen LogP contribution in [0.4, 0.5) is 10.1 Å². The van der Waals surface area contributed by atoms with Crippen LogP contribution in [0, 0.1) is 16.3 Å². The van der Waals surface area contributed by atoms with E-state index >= 15 is 0 Å². The third-order valence-electron chi connectivity index (χ3n) is 4.31. The second kappa shape index (κ2) is 7.51. The van der Waals surface area contributed by atoms with Gasteiger partial charge in [0, 0.05) is 16.7 Å². The fourth-order valence-corrected chi connectivity index (χ4v) is 3.68. The topological polar surface area (TPSA) is 49.4 Å². The maximum Gasteiger partial charge on any atom is 0.256 e. The van der Waals surface area contributed by atoms with E-state index < -0.39 is 0 Å². The summed E-state index contributed by atoms with van der Waals surface area (Å²) in [6, 6.07) is 9.42. The zero-order chi connectivity index (χ0) is 18.0. The summed E-state index contributed by atoms with van der Waals surface area (Å²) in [5.41, 5.74) is 2.21. The van der Waals surface area contributed by atoms with Crippen LogP contribution in [0.2, 0.25) is 0 Å². The van der Waals surface area contributed by atoms with Gasteiger partial charge in [-0.15, -0.1) is 0 Å². The minimum atomic E-state index is -0.387. The number of nitrogens with zero attached hydrogens (tertiary/aromatic N) is 1. The second-order valence-electron chi connectivity index (χ2n) is 6.08. The van der Waals surface area contributed by atoms with Crippen LogP contribution in [-0.4, -0.2) is 29.8 Å². The molecule has 4 nitrogen and oxygen atoms in total. The minimum absolute atomic E-state index is 0.0645. The number of carbonyl (C=O) groups is 2. The Kier molecular flexibility index (Phi) is 5.36. The Bertz CT molecular complexity index is 832. The molecule has 130 valence electrons. The molecule has 25 heavy (non-hydrogen) atoms. The lowest BCUT2D eigenvalue weighted by molar-refractivity contribution is 0.0794. The van der Waals surface area contributed by atoms with E-state index in [2.05, 4.69) is 5.32 Å². The van der Waals surface area contributed by atoms with Crippen molar-refractivity contribution in [1.29, 1.82) is 0 Å². The van der Waals surface area contributed by atoms with Crippen molar-refractivity contribution in [3.05, 3.63) is 62.5 Å². The largest absolute Gasteiger partial charge is 0.339 e. The normalized spacial score (nSPS) is 13.8. The van der Waals surface area contributed by atoms with Gasteiger partial charge >= 0.3 is 0 Å². The molecule has 3 rings (SSSR count). The van der Waals surface area contributed by atoms with Gasteiger partial charge in [0.25, 0.3) is 11.8 Å². The maximum atomic E-state index is 13.3. The number of para-hydroxylation sites is 1. The standard InChI is InChI=1S/C19H18FIN2O2/c1-12-5-4-6-15(19(25)23-9-2-3-10-23)17(12)22-18(24)14-8-7-13(20)11-16(14)21/h4-8,11H,2-3,9-10H2,1H3,(H,22,24). The molecule has 0 saturated carbocycles. The van der Waals surface area contributed by atoms with Gasteiger partial charge < -0.3 is 10.2 Å². The molecule has 0 bridgehead atoms. The van der Waals surface area contributed by atoms with Crippen LogP contribution in [0.3, 0.4) is 0 Å². The van der Waals surface area contributed by atoms with Gasteiger partial charge in [0.15, 0.2) is 0 Å². The van der Waals surface area contributed by atoms with E-state index in [1.165, 1.54) is 18.2 Å². The fourth-order valence-electron chi connectivity index (χ4n) is 2.96. The molecule has 2 amide bonds. The highest BCUT2D eigenvalue weighted by molar-refractivity contribution is 14.1. The van der Waals surface area contributed by atoms with Crippen LogP contribution in [0.5, 0.6) is 0 Å². The molecule has 0 aromatic heterocycles. The van der Waals surface area contributed by atoms with E-state index in [4.69, 9.17) is 0 Å². The van der Waals surface area contributed by atoms with Gasteiger partial charge in [-0.1, -0.05) is 12.1 Å². The minimum Gasteiger partial charge on any atom is -0.339 e. The zero-order valence-electron chi connectivity index (χ0n) is 13.8. The number of benzene rings is 2. The Labute approximate surface area is 159 Å². The summed E-state index contributed by atoms with van der Waals surface area (Å²) >= 11 is 1.93. The molecule has 6 heteroatoms. The predicted octanol–water partition coefficient (Wildman–Crippen LogP) is 4.23. The summed E-state index contributed by atoms with van der Waals surface area (Å²) in [4.78, 5) is 27.2. The number of anilines is 1. The summed E-state index contributed by atoms with van der Waals surface area (Å²) in [5.74, 6) is -0.804.